The third-order valence-corrected chi connectivity index (χ3v) is 5.85. The maximum absolute atomic E-state index is 13.1. The van der Waals surface area contributed by atoms with Gasteiger partial charge in [-0.15, -0.1) is 0 Å². The zero-order valence-corrected chi connectivity index (χ0v) is 18.5. The number of Topliss-reactive ketones (excluding diaryl/α,β-unsaturated/α-hetero) is 1. The van der Waals surface area contributed by atoms with Crippen molar-refractivity contribution in [1.82, 2.24) is 4.57 Å². The first kappa shape index (κ1) is 21.0. The second-order valence-corrected chi connectivity index (χ2v) is 8.17. The highest BCUT2D eigenvalue weighted by atomic mass is 16.5. The smallest absolute Gasteiger partial charge is 0.231 e. The van der Waals surface area contributed by atoms with Crippen LogP contribution in [0, 0.1) is 0 Å². The second-order valence-electron chi connectivity index (χ2n) is 8.17. The lowest BCUT2D eigenvalue weighted by Gasteiger charge is -2.20. The van der Waals surface area contributed by atoms with Gasteiger partial charge in [-0.1, -0.05) is 25.2 Å². The molecule has 1 N–H and O–H groups in total. The van der Waals surface area contributed by atoms with Crippen LogP contribution in [0.3, 0.4) is 0 Å². The minimum atomic E-state index is -0.192. The average molecular weight is 421 g/mol. The number of nitrogens with zero attached hydrogens (tertiary/aromatic N) is 1. The van der Waals surface area contributed by atoms with Crippen molar-refractivity contribution >= 4 is 22.8 Å². The van der Waals surface area contributed by atoms with E-state index >= 15 is 0 Å². The van der Waals surface area contributed by atoms with Crippen LogP contribution in [0.25, 0.3) is 17.0 Å². The molecule has 0 radical (unpaired) electrons. The van der Waals surface area contributed by atoms with E-state index in [2.05, 4.69) is 14.0 Å². The highest BCUT2D eigenvalue weighted by molar-refractivity contribution is 6.15. The molecule has 2 aromatic carbocycles. The van der Waals surface area contributed by atoms with E-state index in [1.807, 2.05) is 36.0 Å². The van der Waals surface area contributed by atoms with Crippen LogP contribution in [-0.4, -0.2) is 31.1 Å². The fourth-order valence-corrected chi connectivity index (χ4v) is 4.11. The lowest BCUT2D eigenvalue weighted by Crippen LogP contribution is -3.07. The summed E-state index contributed by atoms with van der Waals surface area (Å²) in [6.45, 7) is 3.65. The van der Waals surface area contributed by atoms with Gasteiger partial charge in [-0.3, -0.25) is 4.79 Å². The molecule has 31 heavy (non-hydrogen) atoms. The number of quaternary nitrogens is 1. The number of nitrogens with one attached hydrogen (secondary N) is 1. The molecule has 1 aromatic heterocycles. The van der Waals surface area contributed by atoms with Crippen LogP contribution in [0.1, 0.15) is 41.3 Å². The first-order valence-electron chi connectivity index (χ1n) is 10.6. The Morgan fingerprint density at radius 1 is 1.26 bits per heavy atom. The SMILES string of the molecule is CCCC[NH+](C)Cc1c([O-])ccc2c1O/C(=C/c1cn(C)c3ccc(OC)cc13)C2=O. The number of rotatable bonds is 7. The molecule has 0 fully saturated rings. The van der Waals surface area contributed by atoms with Gasteiger partial charge in [-0.05, 0) is 36.8 Å². The number of hydrogen-bond donors (Lipinski definition) is 1. The summed E-state index contributed by atoms with van der Waals surface area (Å²) in [4.78, 5) is 14.3. The van der Waals surface area contributed by atoms with Crippen molar-refractivity contribution in [3.05, 3.63) is 59.0 Å². The van der Waals surface area contributed by atoms with Crippen LogP contribution in [0.5, 0.6) is 17.2 Å². The minimum Gasteiger partial charge on any atom is -0.872 e. The molecular formula is C25H28N2O4. The van der Waals surface area contributed by atoms with Crippen molar-refractivity contribution < 1.29 is 24.3 Å². The van der Waals surface area contributed by atoms with Gasteiger partial charge < -0.3 is 24.0 Å². The van der Waals surface area contributed by atoms with Gasteiger partial charge in [0.2, 0.25) is 5.78 Å². The summed E-state index contributed by atoms with van der Waals surface area (Å²) >= 11 is 0. The van der Waals surface area contributed by atoms with Crippen LogP contribution in [0.4, 0.5) is 0 Å². The summed E-state index contributed by atoms with van der Waals surface area (Å²) in [7, 11) is 5.65. The molecule has 1 unspecified atom stereocenters. The van der Waals surface area contributed by atoms with Gasteiger partial charge in [-0.2, -0.15) is 0 Å². The number of allylic oxidation sites excluding steroid dienone is 1. The molecule has 0 saturated carbocycles. The molecule has 3 aromatic rings. The Labute approximate surface area is 182 Å². The van der Waals surface area contributed by atoms with Crippen LogP contribution < -0.4 is 19.5 Å². The topological polar surface area (TPSA) is 68.0 Å². The number of ketones is 1. The first-order valence-corrected chi connectivity index (χ1v) is 10.6. The monoisotopic (exact) mass is 420 g/mol. The Morgan fingerprint density at radius 3 is 2.81 bits per heavy atom. The summed E-state index contributed by atoms with van der Waals surface area (Å²) in [6, 6.07) is 8.90. The van der Waals surface area contributed by atoms with Gasteiger partial charge in [0, 0.05) is 35.3 Å². The van der Waals surface area contributed by atoms with E-state index in [9.17, 15) is 9.90 Å². The van der Waals surface area contributed by atoms with Crippen molar-refractivity contribution in [3.8, 4) is 17.2 Å². The maximum atomic E-state index is 13.1. The Kier molecular flexibility index (Phi) is 5.74. The fourth-order valence-electron chi connectivity index (χ4n) is 4.11. The number of carbonyl (C=O) groups excluding carboxylic acids is 1. The van der Waals surface area contributed by atoms with Gasteiger partial charge in [0.1, 0.15) is 18.0 Å². The van der Waals surface area contributed by atoms with Gasteiger partial charge in [-0.25, -0.2) is 0 Å². The molecule has 1 atom stereocenters. The molecule has 1 aliphatic heterocycles. The molecule has 0 spiro atoms. The Morgan fingerprint density at radius 2 is 2.06 bits per heavy atom. The summed E-state index contributed by atoms with van der Waals surface area (Å²) < 4.78 is 13.4. The summed E-state index contributed by atoms with van der Waals surface area (Å²) in [5, 5.41) is 13.5. The number of methoxy groups -OCH3 is 1. The number of aryl methyl sites for hydroxylation is 1. The molecule has 6 nitrogen and oxygen atoms in total. The van der Waals surface area contributed by atoms with Crippen LogP contribution >= 0.6 is 0 Å². The number of hydrogen-bond acceptors (Lipinski definition) is 4. The number of benzene rings is 2. The molecule has 0 amide bonds. The van der Waals surface area contributed by atoms with Crippen molar-refractivity contribution in [3.63, 3.8) is 0 Å². The molecule has 2 heterocycles. The highest BCUT2D eigenvalue weighted by Crippen LogP contribution is 2.39. The van der Waals surface area contributed by atoms with E-state index in [-0.39, 0.29) is 17.3 Å². The van der Waals surface area contributed by atoms with E-state index in [1.165, 1.54) is 11.0 Å². The van der Waals surface area contributed by atoms with E-state index in [4.69, 9.17) is 9.47 Å². The summed E-state index contributed by atoms with van der Waals surface area (Å²) in [5.74, 6) is 1.12. The van der Waals surface area contributed by atoms with E-state index in [1.54, 1.807) is 19.3 Å². The molecular weight excluding hydrogens is 392 g/mol. The van der Waals surface area contributed by atoms with Crippen LogP contribution in [-0.2, 0) is 13.6 Å². The van der Waals surface area contributed by atoms with E-state index < -0.39 is 0 Å². The molecule has 1 aliphatic rings. The predicted molar refractivity (Wildman–Crippen MR) is 119 cm³/mol. The largest absolute Gasteiger partial charge is 0.872 e. The van der Waals surface area contributed by atoms with Crippen LogP contribution in [0.2, 0.25) is 0 Å². The van der Waals surface area contributed by atoms with Gasteiger partial charge >= 0.3 is 0 Å². The molecule has 0 saturated heterocycles. The Hall–Kier alpha value is -3.25. The molecule has 0 aliphatic carbocycles. The molecule has 162 valence electrons. The predicted octanol–water partition coefficient (Wildman–Crippen LogP) is 2.69. The Balaban J connectivity index is 1.71. The van der Waals surface area contributed by atoms with Crippen molar-refractivity contribution in [2.45, 2.75) is 26.3 Å². The first-order chi connectivity index (χ1) is 14.9. The van der Waals surface area contributed by atoms with Gasteiger partial charge in [0.25, 0.3) is 0 Å². The molecule has 0 bridgehead atoms. The third kappa shape index (κ3) is 3.91. The van der Waals surface area contributed by atoms with Crippen molar-refractivity contribution in [2.75, 3.05) is 20.7 Å². The maximum Gasteiger partial charge on any atom is 0.231 e. The number of fused-ring (bicyclic) bond motifs is 2. The van der Waals surface area contributed by atoms with Crippen molar-refractivity contribution in [2.24, 2.45) is 7.05 Å². The summed E-state index contributed by atoms with van der Waals surface area (Å²) in [6.07, 6.45) is 5.90. The number of carbonyl (C=O) groups is 1. The van der Waals surface area contributed by atoms with Gasteiger partial charge in [0.15, 0.2) is 5.76 Å². The highest BCUT2D eigenvalue weighted by Gasteiger charge is 2.31. The lowest BCUT2D eigenvalue weighted by molar-refractivity contribution is -0.894. The summed E-state index contributed by atoms with van der Waals surface area (Å²) in [5.41, 5.74) is 2.92. The van der Waals surface area contributed by atoms with Crippen LogP contribution in [0.15, 0.2) is 42.3 Å². The number of aromatic nitrogens is 1. The lowest BCUT2D eigenvalue weighted by atomic mass is 10.0. The zero-order valence-electron chi connectivity index (χ0n) is 18.5. The quantitative estimate of drug-likeness (QED) is 0.597. The Bertz CT molecular complexity index is 1180. The van der Waals surface area contributed by atoms with Gasteiger partial charge in [0.05, 0.1) is 26.3 Å². The van der Waals surface area contributed by atoms with E-state index in [0.717, 1.165) is 41.6 Å². The number of unbranched alkanes of at least 4 members (excludes halogenated alkanes) is 1. The molecule has 4 rings (SSSR count). The normalized spacial score (nSPS) is 15.4. The zero-order chi connectivity index (χ0) is 22.1. The number of ether oxygens (including phenoxy) is 2. The third-order valence-electron chi connectivity index (χ3n) is 5.85. The standard InChI is InChI=1S/C25H28N2O4/c1-5-6-11-26(2)15-20-22(28)10-8-18-24(29)23(31-25(18)20)12-16-14-27(3)21-9-7-17(30-4)13-19(16)21/h7-10,12-14,28H,5-6,11,15H2,1-4H3/b23-12+. The molecule has 6 heteroatoms. The second kappa shape index (κ2) is 8.47. The fraction of sp³-hybridized carbons (Fsp3) is 0.320. The minimum absolute atomic E-state index is 0.0847. The van der Waals surface area contributed by atoms with Crippen molar-refractivity contribution in [1.29, 1.82) is 0 Å². The average Bonchev–Trinajstić information content (AvgIpc) is 3.25. The van der Waals surface area contributed by atoms with E-state index in [0.29, 0.717) is 23.4 Å².